The summed E-state index contributed by atoms with van der Waals surface area (Å²) in [6.07, 6.45) is 0. The Kier molecular flexibility index (Phi) is 2.69. The summed E-state index contributed by atoms with van der Waals surface area (Å²) in [7, 11) is 0. The second kappa shape index (κ2) is 3.03. The number of alkyl halides is 3. The Bertz CT molecular complexity index is 227. The van der Waals surface area contributed by atoms with Gasteiger partial charge >= 0.3 is 0 Å². The minimum atomic E-state index is -1.50. The first-order chi connectivity index (χ1) is 4.52. The molecule has 1 nitrogen and oxygen atoms in total. The number of thiazole rings is 1. The van der Waals surface area contributed by atoms with Gasteiger partial charge in [-0.3, -0.25) is 0 Å². The SMILES string of the molecule is Clc1scnc1C(Cl)(Cl)Cl. The first-order valence-electron chi connectivity index (χ1n) is 2.18. The fourth-order valence-electron chi connectivity index (χ4n) is 0.417. The van der Waals surface area contributed by atoms with Gasteiger partial charge in [0.25, 0.3) is 0 Å². The summed E-state index contributed by atoms with van der Waals surface area (Å²) in [6, 6.07) is 0. The zero-order valence-corrected chi connectivity index (χ0v) is 8.28. The summed E-state index contributed by atoms with van der Waals surface area (Å²) in [5, 5.41) is 0. The summed E-state index contributed by atoms with van der Waals surface area (Å²) in [6.45, 7) is 0. The number of nitrogens with zero attached hydrogens (tertiary/aromatic N) is 1. The Morgan fingerprint density at radius 1 is 1.40 bits per heavy atom. The van der Waals surface area contributed by atoms with E-state index in [2.05, 4.69) is 4.98 Å². The van der Waals surface area contributed by atoms with Crippen molar-refractivity contribution in [2.24, 2.45) is 0 Å². The van der Waals surface area contributed by atoms with Crippen molar-refractivity contribution in [3.05, 3.63) is 15.5 Å². The highest BCUT2D eigenvalue weighted by molar-refractivity contribution is 7.14. The van der Waals surface area contributed by atoms with E-state index < -0.39 is 3.79 Å². The molecular formula is C4HCl4NS. The maximum absolute atomic E-state index is 5.63. The molecule has 0 aromatic carbocycles. The zero-order valence-electron chi connectivity index (χ0n) is 4.44. The molecule has 0 fully saturated rings. The molecule has 0 spiro atoms. The molecule has 0 aliphatic heterocycles. The lowest BCUT2D eigenvalue weighted by Gasteiger charge is -2.05. The molecule has 0 bridgehead atoms. The number of hydrogen-bond donors (Lipinski definition) is 0. The average molecular weight is 237 g/mol. The Morgan fingerprint density at radius 2 is 2.00 bits per heavy atom. The van der Waals surface area contributed by atoms with Crippen LogP contribution < -0.4 is 0 Å². The Morgan fingerprint density at radius 3 is 2.20 bits per heavy atom. The van der Waals surface area contributed by atoms with Crippen LogP contribution in [0.3, 0.4) is 0 Å². The van der Waals surface area contributed by atoms with Crippen molar-refractivity contribution < 1.29 is 0 Å². The van der Waals surface area contributed by atoms with Gasteiger partial charge in [-0.25, -0.2) is 4.98 Å². The van der Waals surface area contributed by atoms with Gasteiger partial charge in [0, 0.05) is 0 Å². The molecule has 1 rings (SSSR count). The lowest BCUT2D eigenvalue weighted by atomic mass is 10.6. The standard InChI is InChI=1S/C4HCl4NS/c5-3-2(4(6,7)8)9-1-10-3/h1H. The van der Waals surface area contributed by atoms with E-state index in [4.69, 9.17) is 46.4 Å². The molecule has 6 heteroatoms. The predicted molar refractivity (Wildman–Crippen MR) is 46.4 cm³/mol. The Labute approximate surface area is 81.9 Å². The van der Waals surface area contributed by atoms with Crippen molar-refractivity contribution in [2.75, 3.05) is 0 Å². The van der Waals surface area contributed by atoms with Crippen molar-refractivity contribution in [2.45, 2.75) is 3.79 Å². The molecule has 0 atom stereocenters. The van der Waals surface area contributed by atoms with E-state index in [1.54, 1.807) is 0 Å². The van der Waals surface area contributed by atoms with E-state index in [9.17, 15) is 0 Å². The van der Waals surface area contributed by atoms with E-state index in [0.29, 0.717) is 10.0 Å². The average Bonchev–Trinajstić information content (AvgIpc) is 2.11. The second-order valence-corrected chi connectivity index (χ2v) is 5.21. The first-order valence-corrected chi connectivity index (χ1v) is 4.57. The Balaban J connectivity index is 3.05. The van der Waals surface area contributed by atoms with Gasteiger partial charge in [-0.05, 0) is 0 Å². The highest BCUT2D eigenvalue weighted by Crippen LogP contribution is 2.41. The number of halogens is 4. The minimum absolute atomic E-state index is 0.296. The molecule has 0 radical (unpaired) electrons. The molecule has 1 heterocycles. The summed E-state index contributed by atoms with van der Waals surface area (Å²) >= 11 is 23.3. The minimum Gasteiger partial charge on any atom is -0.244 e. The molecule has 0 saturated heterocycles. The largest absolute Gasteiger partial charge is 0.244 e. The van der Waals surface area contributed by atoms with E-state index in [-0.39, 0.29) is 0 Å². The topological polar surface area (TPSA) is 12.9 Å². The van der Waals surface area contributed by atoms with Crippen LogP contribution in [0, 0.1) is 0 Å². The molecular weight excluding hydrogens is 236 g/mol. The third-order valence-electron chi connectivity index (χ3n) is 0.793. The van der Waals surface area contributed by atoms with Crippen LogP contribution in [0.5, 0.6) is 0 Å². The van der Waals surface area contributed by atoms with Gasteiger partial charge in [-0.2, -0.15) is 0 Å². The first kappa shape index (κ1) is 8.88. The maximum Gasteiger partial charge on any atom is 0.234 e. The fraction of sp³-hybridized carbons (Fsp3) is 0.250. The number of aromatic nitrogens is 1. The van der Waals surface area contributed by atoms with Crippen molar-refractivity contribution in [3.8, 4) is 0 Å². The lowest BCUT2D eigenvalue weighted by molar-refractivity contribution is 1.13. The van der Waals surface area contributed by atoms with Crippen molar-refractivity contribution >= 4 is 57.7 Å². The molecule has 0 amide bonds. The third kappa shape index (κ3) is 1.89. The summed E-state index contributed by atoms with van der Waals surface area (Å²) < 4.78 is -1.09. The van der Waals surface area contributed by atoms with Crippen LogP contribution in [0.2, 0.25) is 4.34 Å². The van der Waals surface area contributed by atoms with Crippen LogP contribution in [0.1, 0.15) is 5.69 Å². The molecule has 56 valence electrons. The Hall–Kier alpha value is 0.790. The van der Waals surface area contributed by atoms with E-state index in [0.717, 1.165) is 0 Å². The number of rotatable bonds is 0. The van der Waals surface area contributed by atoms with Gasteiger partial charge in [-0.1, -0.05) is 46.4 Å². The molecule has 1 aromatic rings. The fourth-order valence-corrected chi connectivity index (χ4v) is 2.04. The van der Waals surface area contributed by atoms with Crippen LogP contribution in [-0.4, -0.2) is 4.98 Å². The van der Waals surface area contributed by atoms with Crippen molar-refractivity contribution in [3.63, 3.8) is 0 Å². The summed E-state index contributed by atoms with van der Waals surface area (Å²) in [4.78, 5) is 3.78. The predicted octanol–water partition coefficient (Wildman–Crippen LogP) is 3.62. The van der Waals surface area contributed by atoms with Gasteiger partial charge in [0.15, 0.2) is 0 Å². The van der Waals surface area contributed by atoms with Crippen LogP contribution in [0.25, 0.3) is 0 Å². The van der Waals surface area contributed by atoms with Gasteiger partial charge in [-0.15, -0.1) is 11.3 Å². The highest BCUT2D eigenvalue weighted by atomic mass is 35.6. The maximum atomic E-state index is 5.63. The number of hydrogen-bond acceptors (Lipinski definition) is 2. The van der Waals surface area contributed by atoms with Crippen LogP contribution in [0.4, 0.5) is 0 Å². The molecule has 1 aromatic heterocycles. The molecule has 0 N–H and O–H groups in total. The smallest absolute Gasteiger partial charge is 0.234 e. The molecule has 0 aliphatic rings. The summed E-state index contributed by atoms with van der Waals surface area (Å²) in [5.41, 5.74) is 1.82. The molecule has 0 saturated carbocycles. The summed E-state index contributed by atoms with van der Waals surface area (Å²) in [5.74, 6) is 0. The zero-order chi connectivity index (χ0) is 7.78. The lowest BCUT2D eigenvalue weighted by Crippen LogP contribution is -2.00. The van der Waals surface area contributed by atoms with Gasteiger partial charge in [0.2, 0.25) is 3.79 Å². The normalized spacial score (nSPS) is 12.0. The highest BCUT2D eigenvalue weighted by Gasteiger charge is 2.28. The third-order valence-corrected chi connectivity index (χ3v) is 2.39. The molecule has 10 heavy (non-hydrogen) atoms. The molecule has 0 unspecified atom stereocenters. The van der Waals surface area contributed by atoms with Gasteiger partial charge < -0.3 is 0 Å². The van der Waals surface area contributed by atoms with Gasteiger partial charge in [0.05, 0.1) is 5.51 Å². The monoisotopic (exact) mass is 235 g/mol. The van der Waals surface area contributed by atoms with E-state index >= 15 is 0 Å². The van der Waals surface area contributed by atoms with E-state index in [1.165, 1.54) is 16.8 Å². The van der Waals surface area contributed by atoms with Crippen LogP contribution >= 0.6 is 57.7 Å². The quantitative estimate of drug-likeness (QED) is 0.628. The molecule has 0 aliphatic carbocycles. The van der Waals surface area contributed by atoms with Crippen LogP contribution in [0.15, 0.2) is 5.51 Å². The van der Waals surface area contributed by atoms with Crippen molar-refractivity contribution in [1.29, 1.82) is 0 Å². The van der Waals surface area contributed by atoms with Crippen LogP contribution in [-0.2, 0) is 3.79 Å². The van der Waals surface area contributed by atoms with Gasteiger partial charge in [0.1, 0.15) is 10.0 Å². The van der Waals surface area contributed by atoms with Crippen molar-refractivity contribution in [1.82, 2.24) is 4.98 Å². The van der Waals surface area contributed by atoms with E-state index in [1.807, 2.05) is 0 Å². The second-order valence-electron chi connectivity index (χ2n) is 1.47.